The summed E-state index contributed by atoms with van der Waals surface area (Å²) in [6.07, 6.45) is 0. The van der Waals surface area contributed by atoms with Gasteiger partial charge >= 0.3 is 0 Å². The zero-order chi connectivity index (χ0) is 14.1. The average Bonchev–Trinajstić information content (AvgIpc) is 2.82. The van der Waals surface area contributed by atoms with Crippen molar-refractivity contribution in [1.82, 2.24) is 4.57 Å². The number of benzene rings is 2. The molecule has 2 aromatic carbocycles. The zero-order valence-electron chi connectivity index (χ0n) is 11.6. The van der Waals surface area contributed by atoms with Crippen LogP contribution in [0.3, 0.4) is 0 Å². The van der Waals surface area contributed by atoms with Crippen molar-refractivity contribution in [2.24, 2.45) is 0 Å². The molecule has 0 unspecified atom stereocenters. The highest BCUT2D eigenvalue weighted by molar-refractivity contribution is 9.10. The smallest absolute Gasteiger partial charge is 0.0531 e. The molecule has 0 spiro atoms. The van der Waals surface area contributed by atoms with Crippen molar-refractivity contribution in [3.8, 4) is 16.9 Å². The van der Waals surface area contributed by atoms with Gasteiger partial charge in [0.15, 0.2) is 0 Å². The molecule has 3 aromatic rings. The van der Waals surface area contributed by atoms with E-state index in [0.29, 0.717) is 0 Å². The SMILES string of the molecule is Cc1ccccc1-n1c(C)ccc1-c1ccc(Br)cc1. The van der Waals surface area contributed by atoms with Crippen LogP contribution in [0, 0.1) is 13.8 Å². The fourth-order valence-corrected chi connectivity index (χ4v) is 2.78. The third-order valence-electron chi connectivity index (χ3n) is 3.57. The van der Waals surface area contributed by atoms with Crippen molar-refractivity contribution in [2.45, 2.75) is 13.8 Å². The van der Waals surface area contributed by atoms with E-state index in [0.717, 1.165) is 4.47 Å². The van der Waals surface area contributed by atoms with Gasteiger partial charge in [-0.3, -0.25) is 0 Å². The molecule has 0 fully saturated rings. The van der Waals surface area contributed by atoms with Crippen LogP contribution in [0.1, 0.15) is 11.3 Å². The molecule has 0 amide bonds. The van der Waals surface area contributed by atoms with Crippen LogP contribution in [-0.2, 0) is 0 Å². The maximum atomic E-state index is 3.49. The largest absolute Gasteiger partial charge is 0.314 e. The number of aryl methyl sites for hydroxylation is 2. The summed E-state index contributed by atoms with van der Waals surface area (Å²) in [6, 6.07) is 21.3. The topological polar surface area (TPSA) is 4.93 Å². The highest BCUT2D eigenvalue weighted by Gasteiger charge is 2.10. The second-order valence-corrected chi connectivity index (χ2v) is 5.90. The quantitative estimate of drug-likeness (QED) is 0.584. The standard InChI is InChI=1S/C18H16BrN/c1-13-5-3-4-6-17(13)20-14(2)7-12-18(20)15-8-10-16(19)11-9-15/h3-12H,1-2H3. The van der Waals surface area contributed by atoms with Crippen LogP contribution in [0.2, 0.25) is 0 Å². The molecule has 1 aromatic heterocycles. The molecule has 2 heteroatoms. The fraction of sp³-hybridized carbons (Fsp3) is 0.111. The van der Waals surface area contributed by atoms with Crippen molar-refractivity contribution < 1.29 is 0 Å². The molecule has 1 nitrogen and oxygen atoms in total. The number of aromatic nitrogens is 1. The number of halogens is 1. The summed E-state index contributed by atoms with van der Waals surface area (Å²) < 4.78 is 3.42. The highest BCUT2D eigenvalue weighted by atomic mass is 79.9. The fourth-order valence-electron chi connectivity index (χ4n) is 2.52. The number of hydrogen-bond acceptors (Lipinski definition) is 0. The Balaban J connectivity index is 2.20. The predicted octanol–water partition coefficient (Wildman–Crippen LogP) is 5.52. The van der Waals surface area contributed by atoms with Crippen molar-refractivity contribution in [1.29, 1.82) is 0 Å². The molecular weight excluding hydrogens is 310 g/mol. The predicted molar refractivity (Wildman–Crippen MR) is 88.4 cm³/mol. The lowest BCUT2D eigenvalue weighted by Crippen LogP contribution is -2.00. The summed E-state index contributed by atoms with van der Waals surface area (Å²) in [5, 5.41) is 0. The van der Waals surface area contributed by atoms with Gasteiger partial charge in [0, 0.05) is 15.9 Å². The van der Waals surface area contributed by atoms with Gasteiger partial charge in [-0.25, -0.2) is 0 Å². The summed E-state index contributed by atoms with van der Waals surface area (Å²) in [6.45, 7) is 4.30. The van der Waals surface area contributed by atoms with Crippen molar-refractivity contribution >= 4 is 15.9 Å². The Bertz CT molecular complexity index is 738. The Morgan fingerprint density at radius 3 is 2.20 bits per heavy atom. The van der Waals surface area contributed by atoms with Crippen LogP contribution < -0.4 is 0 Å². The molecule has 0 aliphatic carbocycles. The molecule has 0 atom stereocenters. The number of para-hydroxylation sites is 1. The number of rotatable bonds is 2. The van der Waals surface area contributed by atoms with E-state index in [4.69, 9.17) is 0 Å². The monoisotopic (exact) mass is 325 g/mol. The molecule has 1 heterocycles. The summed E-state index contributed by atoms with van der Waals surface area (Å²) in [4.78, 5) is 0. The first kappa shape index (κ1) is 13.2. The molecular formula is C18H16BrN. The first-order valence-electron chi connectivity index (χ1n) is 6.67. The third kappa shape index (κ3) is 2.32. The Kier molecular flexibility index (Phi) is 3.49. The summed E-state index contributed by atoms with van der Waals surface area (Å²) in [5.74, 6) is 0. The third-order valence-corrected chi connectivity index (χ3v) is 4.10. The van der Waals surface area contributed by atoms with E-state index in [1.165, 1.54) is 28.2 Å². The van der Waals surface area contributed by atoms with E-state index in [-0.39, 0.29) is 0 Å². The number of nitrogens with zero attached hydrogens (tertiary/aromatic N) is 1. The van der Waals surface area contributed by atoms with E-state index in [1.807, 2.05) is 0 Å². The van der Waals surface area contributed by atoms with Crippen LogP contribution in [-0.4, -0.2) is 4.57 Å². The summed E-state index contributed by atoms with van der Waals surface area (Å²) in [7, 11) is 0. The molecule has 0 N–H and O–H groups in total. The van der Waals surface area contributed by atoms with Crippen LogP contribution in [0.5, 0.6) is 0 Å². The van der Waals surface area contributed by atoms with E-state index in [9.17, 15) is 0 Å². The van der Waals surface area contributed by atoms with Gasteiger partial charge in [-0.05, 0) is 55.3 Å². The van der Waals surface area contributed by atoms with Crippen molar-refractivity contribution in [2.75, 3.05) is 0 Å². The average molecular weight is 326 g/mol. The minimum atomic E-state index is 1.10. The van der Waals surface area contributed by atoms with E-state index in [1.54, 1.807) is 0 Å². The molecule has 3 rings (SSSR count). The first-order valence-corrected chi connectivity index (χ1v) is 7.46. The maximum absolute atomic E-state index is 3.49. The molecule has 20 heavy (non-hydrogen) atoms. The lowest BCUT2D eigenvalue weighted by atomic mass is 10.1. The van der Waals surface area contributed by atoms with Gasteiger partial charge in [0.2, 0.25) is 0 Å². The Morgan fingerprint density at radius 1 is 0.800 bits per heavy atom. The minimum Gasteiger partial charge on any atom is -0.314 e. The van der Waals surface area contributed by atoms with Gasteiger partial charge in [-0.1, -0.05) is 46.3 Å². The second-order valence-electron chi connectivity index (χ2n) is 4.99. The lowest BCUT2D eigenvalue weighted by Gasteiger charge is -2.14. The van der Waals surface area contributed by atoms with Gasteiger partial charge in [0.05, 0.1) is 5.69 Å². The van der Waals surface area contributed by atoms with E-state index >= 15 is 0 Å². The minimum absolute atomic E-state index is 1.10. The first-order chi connectivity index (χ1) is 9.66. The molecule has 0 radical (unpaired) electrons. The molecule has 0 aliphatic heterocycles. The zero-order valence-corrected chi connectivity index (χ0v) is 13.2. The van der Waals surface area contributed by atoms with Crippen molar-refractivity contribution in [3.05, 3.63) is 76.4 Å². The van der Waals surface area contributed by atoms with Crippen LogP contribution >= 0.6 is 15.9 Å². The molecule has 0 saturated heterocycles. The molecule has 0 bridgehead atoms. The summed E-state index contributed by atoms with van der Waals surface area (Å²) in [5.41, 5.74) is 6.23. The van der Waals surface area contributed by atoms with Crippen LogP contribution in [0.25, 0.3) is 16.9 Å². The van der Waals surface area contributed by atoms with E-state index < -0.39 is 0 Å². The molecule has 100 valence electrons. The van der Waals surface area contributed by atoms with Crippen LogP contribution in [0.4, 0.5) is 0 Å². The molecule has 0 saturated carbocycles. The van der Waals surface area contributed by atoms with Gasteiger partial charge < -0.3 is 4.57 Å². The van der Waals surface area contributed by atoms with Gasteiger partial charge in [-0.2, -0.15) is 0 Å². The second kappa shape index (κ2) is 5.29. The van der Waals surface area contributed by atoms with Crippen molar-refractivity contribution in [3.63, 3.8) is 0 Å². The highest BCUT2D eigenvalue weighted by Crippen LogP contribution is 2.28. The Morgan fingerprint density at radius 2 is 1.50 bits per heavy atom. The Hall–Kier alpha value is -1.80. The number of hydrogen-bond donors (Lipinski definition) is 0. The van der Waals surface area contributed by atoms with Crippen LogP contribution in [0.15, 0.2) is 65.1 Å². The lowest BCUT2D eigenvalue weighted by molar-refractivity contribution is 1.01. The van der Waals surface area contributed by atoms with E-state index in [2.05, 4.69) is 95.0 Å². The van der Waals surface area contributed by atoms with Gasteiger partial charge in [-0.15, -0.1) is 0 Å². The normalized spacial score (nSPS) is 10.8. The Labute approximate surface area is 128 Å². The summed E-state index contributed by atoms with van der Waals surface area (Å²) >= 11 is 3.49. The van der Waals surface area contributed by atoms with Gasteiger partial charge in [0.1, 0.15) is 0 Å². The maximum Gasteiger partial charge on any atom is 0.0531 e. The van der Waals surface area contributed by atoms with Gasteiger partial charge in [0.25, 0.3) is 0 Å². The molecule has 0 aliphatic rings.